The first kappa shape index (κ1) is 18.5. The molecule has 0 unspecified atom stereocenters. The van der Waals surface area contributed by atoms with Crippen LogP contribution in [0.3, 0.4) is 0 Å². The fourth-order valence-corrected chi connectivity index (χ4v) is 4.04. The maximum Gasteiger partial charge on any atom is 0.293 e. The predicted octanol–water partition coefficient (Wildman–Crippen LogP) is 5.07. The van der Waals surface area contributed by atoms with E-state index >= 15 is 0 Å². The summed E-state index contributed by atoms with van der Waals surface area (Å²) in [7, 11) is 0. The van der Waals surface area contributed by atoms with E-state index in [1.54, 1.807) is 24.3 Å². The number of aryl methyl sites for hydroxylation is 1. The van der Waals surface area contributed by atoms with Gasteiger partial charge in [0.2, 0.25) is 0 Å². The Balaban J connectivity index is 2.01. The van der Waals surface area contributed by atoms with Crippen LogP contribution in [0, 0.1) is 19.7 Å². The number of halogens is 1. The molecule has 1 aliphatic rings. The second-order valence-corrected chi connectivity index (χ2v) is 7.42. The molecule has 1 aromatic heterocycles. The van der Waals surface area contributed by atoms with Gasteiger partial charge in [0.1, 0.15) is 5.82 Å². The molecule has 0 spiro atoms. The summed E-state index contributed by atoms with van der Waals surface area (Å²) in [5.41, 5.74) is 2.96. The fraction of sp³-hybridized carbons (Fsp3) is 0.300. The molecular weight excluding hydrogens is 351 g/mol. The highest BCUT2D eigenvalue weighted by atomic mass is 32.2. The number of benzene rings is 1. The minimum Gasteiger partial charge on any atom is -0.315 e. The van der Waals surface area contributed by atoms with Gasteiger partial charge in [0.15, 0.2) is 0 Å². The first-order valence-electron chi connectivity index (χ1n) is 8.56. The Kier molecular flexibility index (Phi) is 5.05. The molecule has 0 aliphatic carbocycles. The van der Waals surface area contributed by atoms with Crippen molar-refractivity contribution >= 4 is 29.0 Å². The Morgan fingerprint density at radius 3 is 2.58 bits per heavy atom. The SMILES string of the molecule is CC[C@H](C)N1C(=O)S/C(=C/c2cc(C)n(-c3ccccc3F)c2C)C1=O. The van der Waals surface area contributed by atoms with Crippen LogP contribution in [-0.2, 0) is 4.79 Å². The number of para-hydroxylation sites is 1. The van der Waals surface area contributed by atoms with Gasteiger partial charge in [0.25, 0.3) is 11.1 Å². The van der Waals surface area contributed by atoms with E-state index in [1.165, 1.54) is 11.0 Å². The number of imide groups is 1. The second-order valence-electron chi connectivity index (χ2n) is 6.42. The Hall–Kier alpha value is -2.34. The zero-order chi connectivity index (χ0) is 19.0. The van der Waals surface area contributed by atoms with Gasteiger partial charge in [-0.3, -0.25) is 14.5 Å². The summed E-state index contributed by atoms with van der Waals surface area (Å²) >= 11 is 0.958. The third-order valence-electron chi connectivity index (χ3n) is 4.71. The Labute approximate surface area is 156 Å². The molecule has 26 heavy (non-hydrogen) atoms. The molecule has 136 valence electrons. The Morgan fingerprint density at radius 2 is 1.92 bits per heavy atom. The average Bonchev–Trinajstić information content (AvgIpc) is 3.04. The van der Waals surface area contributed by atoms with E-state index in [4.69, 9.17) is 0 Å². The maximum absolute atomic E-state index is 14.2. The van der Waals surface area contributed by atoms with Crippen LogP contribution in [0.1, 0.15) is 37.2 Å². The lowest BCUT2D eigenvalue weighted by Crippen LogP contribution is -2.36. The van der Waals surface area contributed by atoms with E-state index < -0.39 is 0 Å². The lowest BCUT2D eigenvalue weighted by atomic mass is 10.2. The molecule has 1 saturated heterocycles. The molecule has 1 aliphatic heterocycles. The lowest BCUT2D eigenvalue weighted by molar-refractivity contribution is -0.124. The predicted molar refractivity (Wildman–Crippen MR) is 103 cm³/mol. The summed E-state index contributed by atoms with van der Waals surface area (Å²) < 4.78 is 16.0. The molecule has 1 aromatic carbocycles. The monoisotopic (exact) mass is 372 g/mol. The number of amides is 2. The van der Waals surface area contributed by atoms with Crippen LogP contribution in [0.5, 0.6) is 0 Å². The zero-order valence-electron chi connectivity index (χ0n) is 15.2. The van der Waals surface area contributed by atoms with Crippen LogP contribution in [0.15, 0.2) is 35.2 Å². The van der Waals surface area contributed by atoms with Gasteiger partial charge in [-0.2, -0.15) is 0 Å². The van der Waals surface area contributed by atoms with Crippen LogP contribution in [0.2, 0.25) is 0 Å². The molecular formula is C20H21FN2O2S. The number of hydrogen-bond donors (Lipinski definition) is 0. The Bertz CT molecular complexity index is 917. The van der Waals surface area contributed by atoms with Crippen molar-refractivity contribution in [3.05, 3.63) is 58.0 Å². The summed E-state index contributed by atoms with van der Waals surface area (Å²) in [6.07, 6.45) is 2.44. The molecule has 3 rings (SSSR count). The quantitative estimate of drug-likeness (QED) is 0.704. The van der Waals surface area contributed by atoms with Crippen molar-refractivity contribution in [1.82, 2.24) is 9.47 Å². The van der Waals surface area contributed by atoms with E-state index in [1.807, 2.05) is 38.3 Å². The number of hydrogen-bond acceptors (Lipinski definition) is 3. The normalized spacial score (nSPS) is 17.4. The average molecular weight is 372 g/mol. The molecule has 0 N–H and O–H groups in total. The first-order valence-corrected chi connectivity index (χ1v) is 9.37. The van der Waals surface area contributed by atoms with Crippen LogP contribution < -0.4 is 0 Å². The molecule has 2 amide bonds. The van der Waals surface area contributed by atoms with Crippen LogP contribution in [-0.4, -0.2) is 26.7 Å². The van der Waals surface area contributed by atoms with Crippen molar-refractivity contribution in [2.24, 2.45) is 0 Å². The molecule has 6 heteroatoms. The molecule has 2 aromatic rings. The summed E-state index contributed by atoms with van der Waals surface area (Å²) in [6.45, 7) is 7.58. The van der Waals surface area contributed by atoms with Gasteiger partial charge < -0.3 is 4.57 Å². The van der Waals surface area contributed by atoms with Gasteiger partial charge in [-0.15, -0.1) is 0 Å². The molecule has 0 saturated carbocycles. The van der Waals surface area contributed by atoms with Crippen molar-refractivity contribution in [3.8, 4) is 5.69 Å². The van der Waals surface area contributed by atoms with Crippen molar-refractivity contribution in [1.29, 1.82) is 0 Å². The van der Waals surface area contributed by atoms with Gasteiger partial charge in [-0.25, -0.2) is 4.39 Å². The van der Waals surface area contributed by atoms with E-state index in [2.05, 4.69) is 0 Å². The highest BCUT2D eigenvalue weighted by Gasteiger charge is 2.37. The minimum absolute atomic E-state index is 0.126. The number of carbonyl (C=O) groups is 2. The van der Waals surface area contributed by atoms with E-state index in [0.29, 0.717) is 17.0 Å². The molecule has 1 atom stereocenters. The van der Waals surface area contributed by atoms with Gasteiger partial charge in [0.05, 0.1) is 10.6 Å². The van der Waals surface area contributed by atoms with Gasteiger partial charge in [0, 0.05) is 17.4 Å². The standard InChI is InChI=1S/C20H21FN2O2S/c1-5-12(2)23-19(24)18(26-20(23)25)11-15-10-13(3)22(14(15)4)17-9-7-6-8-16(17)21/h6-12H,5H2,1-4H3/b18-11+/t12-/m0/s1. The minimum atomic E-state index is -0.307. The van der Waals surface area contributed by atoms with E-state index in [-0.39, 0.29) is 23.0 Å². The number of thioether (sulfide) groups is 1. The van der Waals surface area contributed by atoms with Crippen molar-refractivity contribution in [2.75, 3.05) is 0 Å². The van der Waals surface area contributed by atoms with Gasteiger partial charge in [-0.1, -0.05) is 19.1 Å². The van der Waals surface area contributed by atoms with Crippen LogP contribution in [0.4, 0.5) is 9.18 Å². The molecule has 1 fully saturated rings. The van der Waals surface area contributed by atoms with Crippen molar-refractivity contribution < 1.29 is 14.0 Å². The highest BCUT2D eigenvalue weighted by molar-refractivity contribution is 8.18. The largest absolute Gasteiger partial charge is 0.315 e. The number of carbonyl (C=O) groups excluding carboxylic acids is 2. The first-order chi connectivity index (χ1) is 12.3. The zero-order valence-corrected chi connectivity index (χ0v) is 16.1. The summed E-state index contributed by atoms with van der Waals surface area (Å²) in [5, 5.41) is -0.237. The summed E-state index contributed by atoms with van der Waals surface area (Å²) in [4.78, 5) is 26.5. The van der Waals surface area contributed by atoms with E-state index in [9.17, 15) is 14.0 Å². The number of rotatable bonds is 4. The van der Waals surface area contributed by atoms with Crippen LogP contribution in [0.25, 0.3) is 11.8 Å². The maximum atomic E-state index is 14.2. The van der Waals surface area contributed by atoms with Crippen molar-refractivity contribution in [2.45, 2.75) is 40.2 Å². The van der Waals surface area contributed by atoms with Gasteiger partial charge >= 0.3 is 0 Å². The third kappa shape index (κ3) is 3.09. The highest BCUT2D eigenvalue weighted by Crippen LogP contribution is 2.35. The second kappa shape index (κ2) is 7.11. The topological polar surface area (TPSA) is 42.3 Å². The molecule has 4 nitrogen and oxygen atoms in total. The van der Waals surface area contributed by atoms with Crippen LogP contribution >= 0.6 is 11.8 Å². The molecule has 2 heterocycles. The van der Waals surface area contributed by atoms with Gasteiger partial charge in [-0.05, 0) is 68.8 Å². The third-order valence-corrected chi connectivity index (χ3v) is 5.59. The molecule has 0 bridgehead atoms. The number of aromatic nitrogens is 1. The molecule has 0 radical (unpaired) electrons. The summed E-state index contributed by atoms with van der Waals surface area (Å²) in [5.74, 6) is -0.567. The summed E-state index contributed by atoms with van der Waals surface area (Å²) in [6, 6.07) is 8.35. The smallest absolute Gasteiger partial charge is 0.293 e. The Morgan fingerprint density at radius 1 is 1.23 bits per heavy atom. The lowest BCUT2D eigenvalue weighted by Gasteiger charge is -2.19. The van der Waals surface area contributed by atoms with Crippen molar-refractivity contribution in [3.63, 3.8) is 0 Å². The van der Waals surface area contributed by atoms with E-state index in [0.717, 1.165) is 28.7 Å². The number of nitrogens with zero attached hydrogens (tertiary/aromatic N) is 2. The fourth-order valence-electron chi connectivity index (χ4n) is 3.12.